The number of carboxylic acid groups (broad SMARTS) is 2. The van der Waals surface area contributed by atoms with Crippen LogP contribution in [-0.4, -0.2) is 68.6 Å². The number of nitrogens with one attached hydrogen (secondary N) is 2. The lowest BCUT2D eigenvalue weighted by molar-refractivity contribution is 0.0331. The average Bonchev–Trinajstić information content (AvgIpc) is 2.32. The molecule has 2 aliphatic rings. The van der Waals surface area contributed by atoms with E-state index in [1.54, 1.807) is 0 Å². The third-order valence-corrected chi connectivity index (χ3v) is 1.80. The van der Waals surface area contributed by atoms with Gasteiger partial charge in [-0.15, -0.1) is 0 Å². The van der Waals surface area contributed by atoms with E-state index in [9.17, 15) is 0 Å². The molecule has 0 bridgehead atoms. The van der Waals surface area contributed by atoms with Crippen LogP contribution < -0.4 is 16.4 Å². The van der Waals surface area contributed by atoms with Crippen LogP contribution in [0.1, 0.15) is 0 Å². The van der Waals surface area contributed by atoms with Crippen molar-refractivity contribution in [3.8, 4) is 0 Å². The van der Waals surface area contributed by atoms with Gasteiger partial charge < -0.3 is 36.1 Å². The quantitative estimate of drug-likeness (QED) is 0.360. The van der Waals surface area contributed by atoms with Gasteiger partial charge in [0.05, 0.1) is 19.8 Å². The largest absolute Gasteiger partial charge is 0.503 e. The molecule has 2 aliphatic heterocycles. The highest BCUT2D eigenvalue weighted by atomic mass is 16.6. The maximum atomic E-state index is 8.56. The Morgan fingerprint density at radius 1 is 1.12 bits per heavy atom. The van der Waals surface area contributed by atoms with Crippen molar-refractivity contribution >= 4 is 6.16 Å². The first-order valence-corrected chi connectivity index (χ1v) is 5.41. The first-order chi connectivity index (χ1) is 8.13. The molecule has 6 N–H and O–H groups in total. The Morgan fingerprint density at radius 3 is 1.82 bits per heavy atom. The summed E-state index contributed by atoms with van der Waals surface area (Å²) in [6, 6.07) is 0. The van der Waals surface area contributed by atoms with Crippen molar-refractivity contribution in [3.63, 3.8) is 0 Å². The minimum atomic E-state index is -1.83. The van der Waals surface area contributed by atoms with E-state index in [0.29, 0.717) is 0 Å². The Kier molecular flexibility index (Phi) is 10.9. The highest BCUT2D eigenvalue weighted by Gasteiger charge is 2.05. The number of ether oxygens (including phenoxy) is 2. The Balaban J connectivity index is 0.000000236. The smallest absolute Gasteiger partial charge is 0.450 e. The molecule has 17 heavy (non-hydrogen) atoms. The lowest BCUT2D eigenvalue weighted by Crippen LogP contribution is -2.43. The number of nitrogens with two attached hydrogens (primary N) is 1. The van der Waals surface area contributed by atoms with Crippen molar-refractivity contribution in [2.45, 2.75) is 6.23 Å². The maximum Gasteiger partial charge on any atom is 0.503 e. The van der Waals surface area contributed by atoms with Gasteiger partial charge in [0.25, 0.3) is 0 Å². The predicted molar refractivity (Wildman–Crippen MR) is 61.1 cm³/mol. The van der Waals surface area contributed by atoms with Gasteiger partial charge in [-0.25, -0.2) is 4.79 Å². The zero-order chi connectivity index (χ0) is 12.9. The van der Waals surface area contributed by atoms with Crippen LogP contribution in [0.15, 0.2) is 0 Å². The monoisotopic (exact) mass is 251 g/mol. The lowest BCUT2D eigenvalue weighted by Gasteiger charge is -2.18. The molecule has 8 nitrogen and oxygen atoms in total. The Morgan fingerprint density at radius 2 is 1.65 bits per heavy atom. The van der Waals surface area contributed by atoms with Gasteiger partial charge in [0.2, 0.25) is 0 Å². The first-order valence-electron chi connectivity index (χ1n) is 5.41. The Hall–Kier alpha value is -0.930. The van der Waals surface area contributed by atoms with Gasteiger partial charge in [0, 0.05) is 26.2 Å². The second-order valence-electron chi connectivity index (χ2n) is 3.26. The number of rotatable bonds is 0. The van der Waals surface area contributed by atoms with Gasteiger partial charge >= 0.3 is 6.16 Å². The van der Waals surface area contributed by atoms with Gasteiger partial charge in [-0.2, -0.15) is 0 Å². The summed E-state index contributed by atoms with van der Waals surface area (Å²) in [4.78, 5) is 8.56. The number of hydrogen-bond acceptors (Lipinski definition) is 6. The van der Waals surface area contributed by atoms with E-state index in [2.05, 4.69) is 10.6 Å². The normalized spacial score (nSPS) is 23.5. The summed E-state index contributed by atoms with van der Waals surface area (Å²) in [5.41, 5.74) is 5.35. The van der Waals surface area contributed by atoms with E-state index in [-0.39, 0.29) is 6.23 Å². The van der Waals surface area contributed by atoms with Crippen LogP contribution in [0.5, 0.6) is 0 Å². The highest BCUT2D eigenvalue weighted by molar-refractivity contribution is 5.53. The summed E-state index contributed by atoms with van der Waals surface area (Å²) in [5, 5.41) is 20.2. The van der Waals surface area contributed by atoms with E-state index in [0.717, 1.165) is 46.0 Å². The molecule has 0 aromatic rings. The summed E-state index contributed by atoms with van der Waals surface area (Å²) in [6.45, 7) is 6.31. The molecule has 0 aromatic carbocycles. The summed E-state index contributed by atoms with van der Waals surface area (Å²) < 4.78 is 10.0. The molecule has 0 aromatic heterocycles. The van der Waals surface area contributed by atoms with Crippen LogP contribution in [0.2, 0.25) is 0 Å². The molecule has 1 atom stereocenters. The second kappa shape index (κ2) is 11.6. The van der Waals surface area contributed by atoms with Crippen molar-refractivity contribution in [1.82, 2.24) is 10.6 Å². The zero-order valence-corrected chi connectivity index (χ0v) is 9.72. The lowest BCUT2D eigenvalue weighted by atomic mass is 10.5. The molecule has 1 unspecified atom stereocenters. The SMILES string of the molecule is C1COCCN1.NC1CNCCO1.O=C(O)O. The van der Waals surface area contributed by atoms with Crippen molar-refractivity contribution in [2.75, 3.05) is 46.0 Å². The molecule has 102 valence electrons. The van der Waals surface area contributed by atoms with Crippen LogP contribution in [0, 0.1) is 0 Å². The molecule has 2 fully saturated rings. The third-order valence-electron chi connectivity index (χ3n) is 1.80. The zero-order valence-electron chi connectivity index (χ0n) is 9.72. The maximum absolute atomic E-state index is 8.56. The van der Waals surface area contributed by atoms with E-state index >= 15 is 0 Å². The fourth-order valence-corrected chi connectivity index (χ4v) is 1.10. The molecule has 0 radical (unpaired) electrons. The van der Waals surface area contributed by atoms with Crippen LogP contribution in [0.3, 0.4) is 0 Å². The number of morpholine rings is 2. The number of carbonyl (C=O) groups is 1. The van der Waals surface area contributed by atoms with Crippen molar-refractivity contribution in [2.24, 2.45) is 5.73 Å². The molecular weight excluding hydrogens is 230 g/mol. The fraction of sp³-hybridized carbons (Fsp3) is 0.889. The summed E-state index contributed by atoms with van der Waals surface area (Å²) in [5.74, 6) is 0. The number of hydrogen-bond donors (Lipinski definition) is 5. The average molecular weight is 251 g/mol. The highest BCUT2D eigenvalue weighted by Crippen LogP contribution is 1.84. The molecule has 2 rings (SSSR count). The van der Waals surface area contributed by atoms with Gasteiger partial charge in [0.1, 0.15) is 6.23 Å². The van der Waals surface area contributed by atoms with Crippen LogP contribution >= 0.6 is 0 Å². The van der Waals surface area contributed by atoms with Gasteiger partial charge in [0.15, 0.2) is 0 Å². The van der Waals surface area contributed by atoms with Gasteiger partial charge in [-0.05, 0) is 0 Å². The van der Waals surface area contributed by atoms with Gasteiger partial charge in [-0.3, -0.25) is 0 Å². The summed E-state index contributed by atoms with van der Waals surface area (Å²) in [6.07, 6.45) is -1.91. The Labute approximate surface area is 100 Å². The van der Waals surface area contributed by atoms with E-state index in [1.165, 1.54) is 0 Å². The molecule has 0 amide bonds. The standard InChI is InChI=1S/C4H10N2O.C4H9NO.CH2O3/c5-4-3-6-1-2-7-4;1-3-6-4-2-5-1;2-1(3)4/h4,6H,1-3,5H2;5H,1-4H2;(H2,2,3,4). The van der Waals surface area contributed by atoms with Crippen LogP contribution in [0.25, 0.3) is 0 Å². The molecule has 0 aliphatic carbocycles. The molecular formula is C9H21N3O5. The fourth-order valence-electron chi connectivity index (χ4n) is 1.10. The van der Waals surface area contributed by atoms with Crippen LogP contribution in [-0.2, 0) is 9.47 Å². The summed E-state index contributed by atoms with van der Waals surface area (Å²) >= 11 is 0. The first kappa shape index (κ1) is 16.1. The molecule has 2 heterocycles. The third kappa shape index (κ3) is 15.1. The topological polar surface area (TPSA) is 126 Å². The molecule has 0 saturated carbocycles. The van der Waals surface area contributed by atoms with E-state index in [1.807, 2.05) is 0 Å². The van der Waals surface area contributed by atoms with E-state index in [4.69, 9.17) is 30.2 Å². The van der Waals surface area contributed by atoms with Crippen LogP contribution in [0.4, 0.5) is 4.79 Å². The molecule has 8 heteroatoms. The van der Waals surface area contributed by atoms with Gasteiger partial charge in [-0.1, -0.05) is 0 Å². The molecule has 0 spiro atoms. The summed E-state index contributed by atoms with van der Waals surface area (Å²) in [7, 11) is 0. The minimum Gasteiger partial charge on any atom is -0.450 e. The Bertz CT molecular complexity index is 168. The minimum absolute atomic E-state index is 0.0752. The van der Waals surface area contributed by atoms with Crippen molar-refractivity contribution in [3.05, 3.63) is 0 Å². The second-order valence-corrected chi connectivity index (χ2v) is 3.26. The van der Waals surface area contributed by atoms with Crippen molar-refractivity contribution in [1.29, 1.82) is 0 Å². The van der Waals surface area contributed by atoms with Crippen molar-refractivity contribution < 1.29 is 24.5 Å². The van der Waals surface area contributed by atoms with E-state index < -0.39 is 6.16 Å². The predicted octanol–water partition coefficient (Wildman–Crippen LogP) is -1.28. The molecule has 2 saturated heterocycles.